The fourth-order valence-corrected chi connectivity index (χ4v) is 5.51. The van der Waals surface area contributed by atoms with E-state index in [0.29, 0.717) is 11.0 Å². The largest absolute Gasteiger partial charge is 0.228 e. The Morgan fingerprint density at radius 3 is 2.25 bits per heavy atom. The minimum atomic E-state index is -0.117. The second kappa shape index (κ2) is 9.37. The summed E-state index contributed by atoms with van der Waals surface area (Å²) >= 11 is 6.41. The summed E-state index contributed by atoms with van der Waals surface area (Å²) in [6, 6.07) is 27.0. The average Bonchev–Trinajstić information content (AvgIpc) is 3.10. The number of halogens is 1. The van der Waals surface area contributed by atoms with Gasteiger partial charge in [0.15, 0.2) is 5.82 Å². The molecule has 0 unspecified atom stereocenters. The number of benzene rings is 3. The van der Waals surface area contributed by atoms with Crippen molar-refractivity contribution in [3.63, 3.8) is 0 Å². The topological polar surface area (TPSA) is 25.8 Å². The normalized spacial score (nSPS) is 14.4. The molecule has 3 aromatic carbocycles. The standard InChI is InChI=1S/C33H29ClN2/c1-6-11-27-26-17-16-24(19-28(26)33(4,5)31(27)21(2)3)23-14-10-15-25(18-23)29-20-30(34)36-32(35-29)22-12-8-7-9-13-22/h6-20H,2H2,1,3-5H3/b11-6-. The fourth-order valence-electron chi connectivity index (χ4n) is 5.32. The van der Waals surface area contributed by atoms with Crippen molar-refractivity contribution >= 4 is 17.2 Å². The van der Waals surface area contributed by atoms with Gasteiger partial charge in [0.25, 0.3) is 0 Å². The first-order valence-corrected chi connectivity index (χ1v) is 12.6. The molecule has 3 heteroatoms. The summed E-state index contributed by atoms with van der Waals surface area (Å²) in [4.78, 5) is 9.28. The van der Waals surface area contributed by atoms with Crippen molar-refractivity contribution in [1.82, 2.24) is 9.97 Å². The van der Waals surface area contributed by atoms with Crippen molar-refractivity contribution in [2.24, 2.45) is 0 Å². The molecule has 178 valence electrons. The summed E-state index contributed by atoms with van der Waals surface area (Å²) < 4.78 is 0. The van der Waals surface area contributed by atoms with Gasteiger partial charge in [-0.1, -0.05) is 110 Å². The number of aromatic nitrogens is 2. The average molecular weight is 489 g/mol. The van der Waals surface area contributed by atoms with Crippen molar-refractivity contribution in [2.75, 3.05) is 0 Å². The van der Waals surface area contributed by atoms with Crippen LogP contribution in [0.25, 0.3) is 39.3 Å². The van der Waals surface area contributed by atoms with E-state index in [0.717, 1.165) is 28.0 Å². The van der Waals surface area contributed by atoms with E-state index < -0.39 is 0 Å². The van der Waals surface area contributed by atoms with E-state index in [1.54, 1.807) is 0 Å². The van der Waals surface area contributed by atoms with E-state index in [1.165, 1.54) is 27.8 Å². The lowest BCUT2D eigenvalue weighted by Crippen LogP contribution is -2.17. The number of nitrogens with zero attached hydrogens (tertiary/aromatic N) is 2. The zero-order valence-electron chi connectivity index (χ0n) is 21.1. The predicted octanol–water partition coefficient (Wildman–Crippen LogP) is 9.33. The lowest BCUT2D eigenvalue weighted by atomic mass is 9.78. The summed E-state index contributed by atoms with van der Waals surface area (Å²) in [5.41, 5.74) is 11.3. The first-order chi connectivity index (χ1) is 17.3. The van der Waals surface area contributed by atoms with Crippen LogP contribution in [0.3, 0.4) is 0 Å². The zero-order chi connectivity index (χ0) is 25.4. The smallest absolute Gasteiger partial charge is 0.161 e. The lowest BCUT2D eigenvalue weighted by Gasteiger charge is -2.25. The lowest BCUT2D eigenvalue weighted by molar-refractivity contribution is 0.646. The van der Waals surface area contributed by atoms with Crippen LogP contribution in [0.15, 0.2) is 109 Å². The molecule has 0 atom stereocenters. The van der Waals surface area contributed by atoms with Gasteiger partial charge in [-0.15, -0.1) is 0 Å². The second-order valence-corrected chi connectivity index (χ2v) is 10.2. The number of allylic oxidation sites excluding steroid dienone is 5. The molecule has 0 amide bonds. The van der Waals surface area contributed by atoms with Crippen LogP contribution < -0.4 is 0 Å². The molecule has 0 fully saturated rings. The molecule has 5 rings (SSSR count). The monoisotopic (exact) mass is 488 g/mol. The third-order valence-corrected chi connectivity index (χ3v) is 7.05. The van der Waals surface area contributed by atoms with Crippen molar-refractivity contribution in [1.29, 1.82) is 0 Å². The maximum Gasteiger partial charge on any atom is 0.161 e. The Balaban J connectivity index is 1.58. The molecule has 1 aromatic heterocycles. The highest BCUT2D eigenvalue weighted by Crippen LogP contribution is 2.50. The number of hydrogen-bond donors (Lipinski definition) is 0. The van der Waals surface area contributed by atoms with Gasteiger partial charge in [0.05, 0.1) is 5.69 Å². The van der Waals surface area contributed by atoms with Crippen LogP contribution in [0.4, 0.5) is 0 Å². The minimum absolute atomic E-state index is 0.117. The third-order valence-electron chi connectivity index (χ3n) is 6.86. The van der Waals surface area contributed by atoms with E-state index >= 15 is 0 Å². The fraction of sp³-hybridized carbons (Fsp3) is 0.152. The molecular weight excluding hydrogens is 460 g/mol. The maximum atomic E-state index is 6.41. The van der Waals surface area contributed by atoms with Gasteiger partial charge in [-0.25, -0.2) is 9.97 Å². The Kier molecular flexibility index (Phi) is 6.24. The Morgan fingerprint density at radius 2 is 1.53 bits per heavy atom. The number of rotatable bonds is 5. The summed E-state index contributed by atoms with van der Waals surface area (Å²) in [7, 11) is 0. The SMILES string of the molecule is C=C(C)C1=C(/C=C\C)c2ccc(-c3cccc(-c4cc(Cl)nc(-c5ccccc5)n4)c3)cc2C1(C)C. The van der Waals surface area contributed by atoms with Gasteiger partial charge in [-0.2, -0.15) is 0 Å². The third kappa shape index (κ3) is 4.23. The zero-order valence-corrected chi connectivity index (χ0v) is 21.9. The van der Waals surface area contributed by atoms with Crippen LogP contribution >= 0.6 is 11.6 Å². The molecular formula is C33H29ClN2. The van der Waals surface area contributed by atoms with Crippen LogP contribution in [0.5, 0.6) is 0 Å². The minimum Gasteiger partial charge on any atom is -0.228 e. The first-order valence-electron chi connectivity index (χ1n) is 12.2. The highest BCUT2D eigenvalue weighted by atomic mass is 35.5. The number of fused-ring (bicyclic) bond motifs is 1. The van der Waals surface area contributed by atoms with E-state index in [-0.39, 0.29) is 5.41 Å². The molecule has 0 spiro atoms. The van der Waals surface area contributed by atoms with Gasteiger partial charge in [0.1, 0.15) is 5.15 Å². The van der Waals surface area contributed by atoms with Crippen molar-refractivity contribution in [2.45, 2.75) is 33.1 Å². The molecule has 2 nitrogen and oxygen atoms in total. The molecule has 0 N–H and O–H groups in total. The van der Waals surface area contributed by atoms with Gasteiger partial charge in [-0.05, 0) is 59.4 Å². The van der Waals surface area contributed by atoms with Gasteiger partial charge < -0.3 is 0 Å². The van der Waals surface area contributed by atoms with E-state index in [2.05, 4.69) is 93.9 Å². The summed E-state index contributed by atoms with van der Waals surface area (Å²) in [5, 5.41) is 0.429. The second-order valence-electron chi connectivity index (χ2n) is 9.80. The van der Waals surface area contributed by atoms with E-state index in [4.69, 9.17) is 16.6 Å². The van der Waals surface area contributed by atoms with Crippen LogP contribution in [0.2, 0.25) is 5.15 Å². The first kappa shape index (κ1) is 24.0. The quantitative estimate of drug-likeness (QED) is 0.261. The van der Waals surface area contributed by atoms with Crippen molar-refractivity contribution < 1.29 is 0 Å². The summed E-state index contributed by atoms with van der Waals surface area (Å²) in [6.07, 6.45) is 4.32. The Bertz CT molecular complexity index is 1540. The molecule has 36 heavy (non-hydrogen) atoms. The number of hydrogen-bond acceptors (Lipinski definition) is 2. The molecule has 1 aliphatic carbocycles. The summed E-state index contributed by atoms with van der Waals surface area (Å²) in [5.74, 6) is 0.623. The van der Waals surface area contributed by atoms with Crippen LogP contribution in [0, 0.1) is 0 Å². The Hall–Kier alpha value is -3.75. The van der Waals surface area contributed by atoms with Gasteiger partial charge in [0.2, 0.25) is 0 Å². The molecule has 0 radical (unpaired) electrons. The van der Waals surface area contributed by atoms with E-state index in [1.807, 2.05) is 36.4 Å². The Morgan fingerprint density at radius 1 is 0.833 bits per heavy atom. The molecule has 0 aliphatic heterocycles. The van der Waals surface area contributed by atoms with Crippen LogP contribution in [-0.2, 0) is 5.41 Å². The van der Waals surface area contributed by atoms with Crippen LogP contribution in [-0.4, -0.2) is 9.97 Å². The highest BCUT2D eigenvalue weighted by molar-refractivity contribution is 6.29. The van der Waals surface area contributed by atoms with Crippen LogP contribution in [0.1, 0.15) is 38.8 Å². The molecule has 0 saturated heterocycles. The Labute approximate surface area is 218 Å². The van der Waals surface area contributed by atoms with Gasteiger partial charge >= 0.3 is 0 Å². The van der Waals surface area contributed by atoms with Crippen molar-refractivity contribution in [3.05, 3.63) is 125 Å². The molecule has 1 heterocycles. The van der Waals surface area contributed by atoms with E-state index in [9.17, 15) is 0 Å². The highest BCUT2D eigenvalue weighted by Gasteiger charge is 2.37. The maximum absolute atomic E-state index is 6.41. The van der Waals surface area contributed by atoms with Gasteiger partial charge in [0, 0.05) is 22.6 Å². The molecule has 0 bridgehead atoms. The predicted molar refractivity (Wildman–Crippen MR) is 153 cm³/mol. The summed E-state index contributed by atoms with van der Waals surface area (Å²) in [6.45, 7) is 13.1. The molecule has 0 saturated carbocycles. The van der Waals surface area contributed by atoms with Gasteiger partial charge in [-0.3, -0.25) is 0 Å². The van der Waals surface area contributed by atoms with Crippen molar-refractivity contribution in [3.8, 4) is 33.8 Å². The molecule has 4 aromatic rings. The molecule has 1 aliphatic rings.